The lowest BCUT2D eigenvalue weighted by molar-refractivity contribution is 0.0687. The molecule has 5 N–H and O–H groups in total. The van der Waals surface area contributed by atoms with Gasteiger partial charge in [-0.1, -0.05) is 13.8 Å². The Morgan fingerprint density at radius 2 is 1.71 bits per heavy atom. The number of carboxylic acid groups (broad SMARTS) is 1. The number of benzene rings is 2. The molecule has 0 unspecified atom stereocenters. The maximum Gasteiger partial charge on any atom is 0.352 e. The number of primary amides is 1. The molecule has 1 fully saturated rings. The number of anilines is 2. The summed E-state index contributed by atoms with van der Waals surface area (Å²) in [4.78, 5) is 40.1. The Labute approximate surface area is 273 Å². The Balaban J connectivity index is 1.40. The number of fused-ring (bicyclic) bond motifs is 1. The normalized spacial score (nSPS) is 16.4. The van der Waals surface area contributed by atoms with Crippen molar-refractivity contribution in [3.05, 3.63) is 88.4 Å². The Kier molecular flexibility index (Phi) is 8.30. The van der Waals surface area contributed by atoms with Crippen LogP contribution in [0.3, 0.4) is 0 Å². The van der Waals surface area contributed by atoms with Crippen molar-refractivity contribution >= 4 is 39.3 Å². The van der Waals surface area contributed by atoms with Crippen molar-refractivity contribution in [2.75, 3.05) is 43.1 Å². The van der Waals surface area contributed by atoms with E-state index in [-0.39, 0.29) is 35.7 Å². The first kappa shape index (κ1) is 32.8. The molecule has 14 nitrogen and oxygen atoms in total. The summed E-state index contributed by atoms with van der Waals surface area (Å²) in [5, 5.41) is 19.6. The summed E-state index contributed by atoms with van der Waals surface area (Å²) >= 11 is 0. The minimum Gasteiger partial charge on any atom is -0.477 e. The topological polar surface area (TPSA) is 193 Å². The van der Waals surface area contributed by atoms with Crippen molar-refractivity contribution < 1.29 is 41.4 Å². The number of nitrogens with two attached hydrogens (primary N) is 1. The number of nitrogens with zero attached hydrogens (tertiary/aromatic N) is 4. The third-order valence-corrected chi connectivity index (χ3v) is 10.1. The van der Waals surface area contributed by atoms with Gasteiger partial charge in [-0.25, -0.2) is 22.0 Å². The van der Waals surface area contributed by atoms with E-state index in [4.69, 9.17) is 10.5 Å². The highest BCUT2D eigenvalue weighted by atomic mass is 32.2. The minimum atomic E-state index is -4.40. The van der Waals surface area contributed by atoms with Gasteiger partial charge in [-0.2, -0.15) is 9.40 Å². The number of hydrogen-bond acceptors (Lipinski definition) is 8. The van der Waals surface area contributed by atoms with Crippen LogP contribution in [0, 0.1) is 11.6 Å². The number of hydrogen-bond donors (Lipinski definition) is 4. The van der Waals surface area contributed by atoms with Gasteiger partial charge in [0.2, 0.25) is 15.9 Å². The minimum absolute atomic E-state index is 0.0465. The Bertz CT molecular complexity index is 2050. The van der Waals surface area contributed by atoms with Gasteiger partial charge in [-0.15, -0.1) is 0 Å². The van der Waals surface area contributed by atoms with Gasteiger partial charge < -0.3 is 30.4 Å². The Morgan fingerprint density at radius 1 is 1.04 bits per heavy atom. The largest absolute Gasteiger partial charge is 0.477 e. The van der Waals surface area contributed by atoms with E-state index in [9.17, 15) is 36.7 Å². The van der Waals surface area contributed by atoms with Crippen LogP contribution in [0.4, 0.5) is 20.3 Å². The number of aromatic amines is 1. The second-order valence-electron chi connectivity index (χ2n) is 12.1. The number of aromatic nitrogens is 3. The molecular formula is C31H31F2N7O7S. The fourth-order valence-corrected chi connectivity index (χ4v) is 7.70. The first-order valence-corrected chi connectivity index (χ1v) is 16.2. The summed E-state index contributed by atoms with van der Waals surface area (Å²) in [7, 11) is -4.40. The van der Waals surface area contributed by atoms with Crippen LogP contribution in [0.2, 0.25) is 0 Å². The monoisotopic (exact) mass is 683 g/mol. The van der Waals surface area contributed by atoms with Gasteiger partial charge in [0.1, 0.15) is 17.3 Å². The number of carboxylic acids is 1. The number of amides is 2. The lowest BCUT2D eigenvalue weighted by Crippen LogP contribution is -2.45. The summed E-state index contributed by atoms with van der Waals surface area (Å²) in [6.45, 7) is 4.72. The highest BCUT2D eigenvalue weighted by Gasteiger charge is 2.41. The average Bonchev–Trinajstić information content (AvgIpc) is 3.68. The molecule has 4 aromatic rings. The van der Waals surface area contributed by atoms with E-state index in [1.54, 1.807) is 13.8 Å². The molecule has 0 aliphatic carbocycles. The predicted molar refractivity (Wildman–Crippen MR) is 168 cm³/mol. The number of carbonyl (C=O) groups excluding carboxylic acids is 2. The molecule has 0 radical (unpaired) electrons. The van der Waals surface area contributed by atoms with Gasteiger partial charge in [0.25, 0.3) is 5.91 Å². The Hall–Kier alpha value is -5.13. The molecule has 0 spiro atoms. The molecule has 0 bridgehead atoms. The molecular weight excluding hydrogens is 652 g/mol. The van der Waals surface area contributed by atoms with Crippen LogP contribution >= 0.6 is 0 Å². The van der Waals surface area contributed by atoms with Crippen LogP contribution in [0.5, 0.6) is 0 Å². The first-order chi connectivity index (χ1) is 22.7. The fraction of sp³-hybridized carbons (Fsp3) is 0.290. The molecule has 0 atom stereocenters. The quantitative estimate of drug-likeness (QED) is 0.216. The van der Waals surface area contributed by atoms with Crippen molar-refractivity contribution in [3.8, 4) is 5.69 Å². The maximum absolute atomic E-state index is 14.0. The highest BCUT2D eigenvalue weighted by molar-refractivity contribution is 7.89. The summed E-state index contributed by atoms with van der Waals surface area (Å²) in [5.41, 5.74) is 6.00. The summed E-state index contributed by atoms with van der Waals surface area (Å²) in [6, 6.07) is 7.74. The molecule has 1 saturated heterocycles. The van der Waals surface area contributed by atoms with E-state index in [1.807, 2.05) is 4.90 Å². The van der Waals surface area contributed by atoms with Gasteiger partial charge in [0, 0.05) is 55.1 Å². The number of morpholine rings is 1. The van der Waals surface area contributed by atoms with Gasteiger partial charge in [-0.3, -0.25) is 14.7 Å². The Morgan fingerprint density at radius 3 is 2.35 bits per heavy atom. The van der Waals surface area contributed by atoms with Crippen LogP contribution in [0.15, 0.2) is 53.6 Å². The number of rotatable bonds is 8. The molecule has 6 rings (SSSR count). The number of halogens is 2. The molecule has 0 saturated carbocycles. The van der Waals surface area contributed by atoms with E-state index in [0.29, 0.717) is 55.0 Å². The first-order valence-electron chi connectivity index (χ1n) is 14.7. The SMILES string of the molecule is CC1(C)CN(S(=O)(=O)c2cc(F)cc(F)c2)Cc2c(NC(=O)c3cc(-n4cccc4C(=O)O)c(N4CCOCC4)cc3C(N)=O)n[nH]c21. The van der Waals surface area contributed by atoms with E-state index in [2.05, 4.69) is 15.5 Å². The van der Waals surface area contributed by atoms with Crippen molar-refractivity contribution in [3.63, 3.8) is 0 Å². The number of sulfonamides is 1. The zero-order valence-electron chi connectivity index (χ0n) is 25.8. The van der Waals surface area contributed by atoms with Crippen LogP contribution in [0.25, 0.3) is 5.69 Å². The number of carbonyl (C=O) groups is 3. The van der Waals surface area contributed by atoms with Crippen molar-refractivity contribution in [2.45, 2.75) is 30.7 Å². The van der Waals surface area contributed by atoms with E-state index < -0.39 is 49.8 Å². The van der Waals surface area contributed by atoms with Crippen LogP contribution in [-0.4, -0.2) is 83.2 Å². The van der Waals surface area contributed by atoms with Crippen molar-refractivity contribution in [1.29, 1.82) is 0 Å². The fourth-order valence-electron chi connectivity index (χ4n) is 6.09. The zero-order chi connectivity index (χ0) is 34.5. The average molecular weight is 684 g/mol. The zero-order valence-corrected chi connectivity index (χ0v) is 26.6. The third-order valence-electron chi connectivity index (χ3n) is 8.36. The van der Waals surface area contributed by atoms with Gasteiger partial charge in [0.05, 0.1) is 40.6 Å². The molecule has 2 aromatic carbocycles. The molecule has 2 aliphatic heterocycles. The third kappa shape index (κ3) is 5.91. The summed E-state index contributed by atoms with van der Waals surface area (Å²) < 4.78 is 62.9. The van der Waals surface area contributed by atoms with E-state index >= 15 is 0 Å². The number of H-pyrrole nitrogens is 1. The second-order valence-corrected chi connectivity index (χ2v) is 14.0. The number of nitrogens with one attached hydrogen (secondary N) is 2. The van der Waals surface area contributed by atoms with Crippen LogP contribution in [-0.2, 0) is 26.7 Å². The maximum atomic E-state index is 14.0. The second kappa shape index (κ2) is 12.1. The van der Waals surface area contributed by atoms with Gasteiger partial charge >= 0.3 is 5.97 Å². The molecule has 4 heterocycles. The molecule has 48 heavy (non-hydrogen) atoms. The van der Waals surface area contributed by atoms with E-state index in [1.165, 1.54) is 35.0 Å². The number of aromatic carboxylic acids is 1. The lowest BCUT2D eigenvalue weighted by Gasteiger charge is -2.36. The summed E-state index contributed by atoms with van der Waals surface area (Å²) in [6.07, 6.45) is 1.51. The van der Waals surface area contributed by atoms with Gasteiger partial charge in [0.15, 0.2) is 5.82 Å². The molecule has 252 valence electrons. The van der Waals surface area contributed by atoms with Crippen LogP contribution < -0.4 is 16.0 Å². The molecule has 2 aromatic heterocycles. The van der Waals surface area contributed by atoms with Crippen molar-refractivity contribution in [2.24, 2.45) is 5.73 Å². The van der Waals surface area contributed by atoms with Crippen LogP contribution in [0.1, 0.15) is 56.3 Å². The molecule has 2 aliphatic rings. The molecule has 2 amide bonds. The highest BCUT2D eigenvalue weighted by Crippen LogP contribution is 2.38. The lowest BCUT2D eigenvalue weighted by atomic mass is 9.84. The summed E-state index contributed by atoms with van der Waals surface area (Å²) in [5.74, 6) is -5.12. The standard InChI is InChI=1S/C31H31F2N7O7S/c1-31(2)16-39(48(45,46)19-11-17(32)10-18(33)12-19)15-22-26(31)36-37-28(22)35-29(42)21-14-25(40-5-3-4-23(40)30(43)44)24(13-20(21)27(34)41)38-6-8-47-9-7-38/h3-5,10-14H,6-9,15-16H2,1-2H3,(H2,34,41)(H,43,44)(H2,35,36,37,42). The van der Waals surface area contributed by atoms with Gasteiger partial charge in [-0.05, 0) is 36.4 Å². The smallest absolute Gasteiger partial charge is 0.352 e. The molecule has 17 heteroatoms. The van der Waals surface area contributed by atoms with E-state index in [0.717, 1.165) is 16.4 Å². The number of ether oxygens (including phenoxy) is 1. The van der Waals surface area contributed by atoms with Crippen molar-refractivity contribution in [1.82, 2.24) is 19.1 Å². The predicted octanol–water partition coefficient (Wildman–Crippen LogP) is 2.85.